The van der Waals surface area contributed by atoms with Crippen LogP contribution in [0.15, 0.2) is 59.7 Å². The van der Waals surface area contributed by atoms with Crippen LogP contribution in [0.5, 0.6) is 17.2 Å². The van der Waals surface area contributed by atoms with Crippen molar-refractivity contribution in [2.45, 2.75) is 6.92 Å². The summed E-state index contributed by atoms with van der Waals surface area (Å²) in [5.74, 6) is 6.98. The SMILES string of the molecule is COc1cc(C#Cc2ccc(C)cc2OC)cc(/C=N/NC(=O)c2ccc(O)c(Cl)c2)c1. The van der Waals surface area contributed by atoms with Crippen molar-refractivity contribution in [2.75, 3.05) is 14.2 Å². The highest BCUT2D eigenvalue weighted by Crippen LogP contribution is 2.23. The largest absolute Gasteiger partial charge is 0.506 e. The lowest BCUT2D eigenvalue weighted by molar-refractivity contribution is 0.0955. The number of methoxy groups -OCH3 is 2. The van der Waals surface area contributed by atoms with E-state index in [0.717, 1.165) is 11.1 Å². The van der Waals surface area contributed by atoms with Crippen LogP contribution in [0.3, 0.4) is 0 Å². The van der Waals surface area contributed by atoms with Gasteiger partial charge >= 0.3 is 0 Å². The third-order valence-corrected chi connectivity index (χ3v) is 4.76. The molecule has 0 radical (unpaired) electrons. The second-order valence-electron chi connectivity index (χ2n) is 6.81. The van der Waals surface area contributed by atoms with E-state index in [4.69, 9.17) is 21.1 Å². The summed E-state index contributed by atoms with van der Waals surface area (Å²) in [4.78, 5) is 12.2. The Labute approximate surface area is 191 Å². The first-order chi connectivity index (χ1) is 15.4. The fraction of sp³-hybridized carbons (Fsp3) is 0.120. The minimum atomic E-state index is -0.461. The Bertz CT molecular complexity index is 1240. The normalized spacial score (nSPS) is 10.4. The number of ether oxygens (including phenoxy) is 2. The van der Waals surface area contributed by atoms with E-state index in [0.29, 0.717) is 22.6 Å². The van der Waals surface area contributed by atoms with Gasteiger partial charge in [-0.2, -0.15) is 5.10 Å². The van der Waals surface area contributed by atoms with Crippen molar-refractivity contribution in [1.82, 2.24) is 5.43 Å². The number of hydrogen-bond donors (Lipinski definition) is 2. The van der Waals surface area contributed by atoms with Gasteiger partial charge in [0.05, 0.1) is 31.0 Å². The van der Waals surface area contributed by atoms with E-state index in [2.05, 4.69) is 22.4 Å². The molecule has 32 heavy (non-hydrogen) atoms. The summed E-state index contributed by atoms with van der Waals surface area (Å²) in [5, 5.41) is 13.5. The summed E-state index contributed by atoms with van der Waals surface area (Å²) in [6.45, 7) is 1.99. The standard InChI is InChI=1S/C25H21ClN2O4/c1-16-4-6-19(24(10-16)32-3)7-5-17-11-18(13-21(12-17)31-2)15-27-28-25(30)20-8-9-23(29)22(26)14-20/h4,6,8-15,29H,1-3H3,(H,28,30)/b27-15+. The number of phenols is 1. The van der Waals surface area contributed by atoms with Gasteiger partial charge in [-0.1, -0.05) is 29.5 Å². The quantitative estimate of drug-likeness (QED) is 0.341. The maximum atomic E-state index is 12.2. The zero-order chi connectivity index (χ0) is 23.1. The zero-order valence-electron chi connectivity index (χ0n) is 17.8. The van der Waals surface area contributed by atoms with Gasteiger partial charge in [0.25, 0.3) is 5.91 Å². The topological polar surface area (TPSA) is 80.2 Å². The molecule has 0 unspecified atom stereocenters. The van der Waals surface area contributed by atoms with Gasteiger partial charge < -0.3 is 14.6 Å². The van der Waals surface area contributed by atoms with Crippen molar-refractivity contribution in [3.05, 3.63) is 87.4 Å². The summed E-state index contributed by atoms with van der Waals surface area (Å²) in [6, 6.07) is 15.4. The van der Waals surface area contributed by atoms with Gasteiger partial charge in [0.1, 0.15) is 17.2 Å². The third-order valence-electron chi connectivity index (χ3n) is 4.45. The molecule has 3 rings (SSSR count). The lowest BCUT2D eigenvalue weighted by Crippen LogP contribution is -2.17. The molecule has 0 bridgehead atoms. The maximum absolute atomic E-state index is 12.2. The molecule has 0 aliphatic rings. The highest BCUT2D eigenvalue weighted by Gasteiger charge is 2.07. The minimum absolute atomic E-state index is 0.0860. The molecule has 0 heterocycles. The van der Waals surface area contributed by atoms with Crippen LogP contribution < -0.4 is 14.9 Å². The van der Waals surface area contributed by atoms with Gasteiger partial charge in [0.2, 0.25) is 0 Å². The zero-order valence-corrected chi connectivity index (χ0v) is 18.5. The number of nitrogens with zero attached hydrogens (tertiary/aromatic N) is 1. The van der Waals surface area contributed by atoms with Crippen molar-refractivity contribution >= 4 is 23.7 Å². The number of aromatic hydroxyl groups is 1. The average Bonchev–Trinajstić information content (AvgIpc) is 2.79. The van der Waals surface area contributed by atoms with Crippen LogP contribution in [-0.2, 0) is 0 Å². The molecular formula is C25H21ClN2O4. The number of hydrazone groups is 1. The summed E-state index contributed by atoms with van der Waals surface area (Å²) >= 11 is 5.84. The second-order valence-corrected chi connectivity index (χ2v) is 7.22. The lowest BCUT2D eigenvalue weighted by Gasteiger charge is -2.05. The number of aryl methyl sites for hydroxylation is 1. The first kappa shape index (κ1) is 22.7. The molecule has 0 aliphatic carbocycles. The number of carbonyl (C=O) groups is 1. The second kappa shape index (κ2) is 10.4. The summed E-state index contributed by atoms with van der Waals surface area (Å²) in [6.07, 6.45) is 1.49. The molecule has 162 valence electrons. The molecule has 0 fully saturated rings. The van der Waals surface area contributed by atoms with Crippen LogP contribution in [0, 0.1) is 18.8 Å². The Kier molecular flexibility index (Phi) is 7.37. The molecule has 3 aromatic rings. The van der Waals surface area contributed by atoms with Crippen LogP contribution in [-0.4, -0.2) is 31.4 Å². The summed E-state index contributed by atoms with van der Waals surface area (Å²) in [5.41, 5.74) is 5.96. The highest BCUT2D eigenvalue weighted by atomic mass is 35.5. The van der Waals surface area contributed by atoms with E-state index >= 15 is 0 Å². The van der Waals surface area contributed by atoms with E-state index in [1.54, 1.807) is 20.3 Å². The van der Waals surface area contributed by atoms with Crippen LogP contribution in [0.25, 0.3) is 0 Å². The average molecular weight is 449 g/mol. The Morgan fingerprint density at radius 3 is 2.59 bits per heavy atom. The van der Waals surface area contributed by atoms with E-state index in [-0.39, 0.29) is 16.3 Å². The molecular weight excluding hydrogens is 428 g/mol. The van der Waals surface area contributed by atoms with Gasteiger partial charge in [-0.05, 0) is 66.6 Å². The van der Waals surface area contributed by atoms with Crippen LogP contribution >= 0.6 is 11.6 Å². The predicted octanol–water partition coefficient (Wildman–Crippen LogP) is 4.53. The Morgan fingerprint density at radius 1 is 1.06 bits per heavy atom. The van der Waals surface area contributed by atoms with E-state index in [1.807, 2.05) is 37.3 Å². The van der Waals surface area contributed by atoms with Gasteiger partial charge in [-0.15, -0.1) is 0 Å². The molecule has 7 heteroatoms. The Balaban J connectivity index is 1.79. The molecule has 1 amide bonds. The smallest absolute Gasteiger partial charge is 0.271 e. The number of hydrogen-bond acceptors (Lipinski definition) is 5. The number of rotatable bonds is 5. The molecule has 0 aromatic heterocycles. The number of benzene rings is 3. The number of nitrogens with one attached hydrogen (secondary N) is 1. The van der Waals surface area contributed by atoms with Gasteiger partial charge in [-0.3, -0.25) is 4.79 Å². The van der Waals surface area contributed by atoms with Crippen LogP contribution in [0.4, 0.5) is 0 Å². The third kappa shape index (κ3) is 5.81. The van der Waals surface area contributed by atoms with Crippen molar-refractivity contribution in [3.8, 4) is 29.1 Å². The fourth-order valence-electron chi connectivity index (χ4n) is 2.81. The molecule has 0 atom stereocenters. The predicted molar refractivity (Wildman–Crippen MR) is 125 cm³/mol. The van der Waals surface area contributed by atoms with E-state index < -0.39 is 5.91 Å². The molecule has 0 saturated carbocycles. The molecule has 0 spiro atoms. The minimum Gasteiger partial charge on any atom is -0.506 e. The first-order valence-electron chi connectivity index (χ1n) is 9.57. The Hall–Kier alpha value is -3.95. The molecule has 0 saturated heterocycles. The number of carbonyl (C=O) groups excluding carboxylic acids is 1. The Morgan fingerprint density at radius 2 is 1.88 bits per heavy atom. The van der Waals surface area contributed by atoms with Gasteiger partial charge in [-0.25, -0.2) is 5.43 Å². The van der Waals surface area contributed by atoms with Crippen LogP contribution in [0.1, 0.15) is 32.6 Å². The molecule has 6 nitrogen and oxygen atoms in total. The van der Waals surface area contributed by atoms with Crippen LogP contribution in [0.2, 0.25) is 5.02 Å². The number of amides is 1. The fourth-order valence-corrected chi connectivity index (χ4v) is 2.99. The van der Waals surface area contributed by atoms with E-state index in [1.165, 1.54) is 24.4 Å². The summed E-state index contributed by atoms with van der Waals surface area (Å²) in [7, 11) is 3.17. The van der Waals surface area contributed by atoms with Crippen molar-refractivity contribution in [3.63, 3.8) is 0 Å². The van der Waals surface area contributed by atoms with Crippen molar-refractivity contribution in [2.24, 2.45) is 5.10 Å². The van der Waals surface area contributed by atoms with Crippen molar-refractivity contribution in [1.29, 1.82) is 0 Å². The lowest BCUT2D eigenvalue weighted by atomic mass is 10.1. The van der Waals surface area contributed by atoms with Crippen molar-refractivity contribution < 1.29 is 19.4 Å². The number of phenolic OH excluding ortho intramolecular Hbond substituents is 1. The van der Waals surface area contributed by atoms with Gasteiger partial charge in [0.15, 0.2) is 0 Å². The first-order valence-corrected chi connectivity index (χ1v) is 9.95. The monoisotopic (exact) mass is 448 g/mol. The highest BCUT2D eigenvalue weighted by molar-refractivity contribution is 6.32. The van der Waals surface area contributed by atoms with Gasteiger partial charge in [0, 0.05) is 11.1 Å². The molecule has 3 aromatic carbocycles. The van der Waals surface area contributed by atoms with E-state index in [9.17, 15) is 9.90 Å². The number of halogens is 1. The molecule has 0 aliphatic heterocycles. The summed E-state index contributed by atoms with van der Waals surface area (Å²) < 4.78 is 10.7. The molecule has 2 N–H and O–H groups in total. The maximum Gasteiger partial charge on any atom is 0.271 e.